The summed E-state index contributed by atoms with van der Waals surface area (Å²) >= 11 is 0. The third-order valence-corrected chi connectivity index (χ3v) is 4.92. The minimum Gasteiger partial charge on any atom is -0.444 e. The van der Waals surface area contributed by atoms with Crippen molar-refractivity contribution in [2.45, 2.75) is 31.8 Å². The average molecular weight is 336 g/mol. The molecule has 0 aliphatic heterocycles. The van der Waals surface area contributed by atoms with E-state index in [0.29, 0.717) is 11.9 Å². The molecule has 1 aliphatic carbocycles. The van der Waals surface area contributed by atoms with Gasteiger partial charge in [0.05, 0.1) is 5.69 Å². The Morgan fingerprint density at radius 2 is 1.96 bits per heavy atom. The van der Waals surface area contributed by atoms with Crippen LogP contribution >= 0.6 is 0 Å². The molecule has 1 atom stereocenters. The van der Waals surface area contributed by atoms with Gasteiger partial charge in [-0.05, 0) is 61.7 Å². The van der Waals surface area contributed by atoms with Gasteiger partial charge in [-0.1, -0.05) is 24.3 Å². The zero-order valence-corrected chi connectivity index (χ0v) is 14.3. The van der Waals surface area contributed by atoms with Gasteiger partial charge in [-0.25, -0.2) is 9.37 Å². The van der Waals surface area contributed by atoms with Gasteiger partial charge in [0, 0.05) is 18.2 Å². The largest absolute Gasteiger partial charge is 0.444 e. The predicted molar refractivity (Wildman–Crippen MR) is 95.5 cm³/mol. The lowest BCUT2D eigenvalue weighted by Crippen LogP contribution is -2.27. The molecule has 0 spiro atoms. The van der Waals surface area contributed by atoms with Crippen LogP contribution in [-0.2, 0) is 13.0 Å². The predicted octanol–water partition coefficient (Wildman–Crippen LogP) is 4.99. The van der Waals surface area contributed by atoms with E-state index < -0.39 is 0 Å². The van der Waals surface area contributed by atoms with Crippen LogP contribution in [0.5, 0.6) is 0 Å². The summed E-state index contributed by atoms with van der Waals surface area (Å²) in [4.78, 5) is 6.91. The zero-order chi connectivity index (χ0) is 17.2. The molecule has 0 fully saturated rings. The Kier molecular flexibility index (Phi) is 4.36. The summed E-state index contributed by atoms with van der Waals surface area (Å²) < 4.78 is 18.6. The summed E-state index contributed by atoms with van der Waals surface area (Å²) in [6.45, 7) is 0.726. The fourth-order valence-electron chi connectivity index (χ4n) is 3.66. The summed E-state index contributed by atoms with van der Waals surface area (Å²) in [5.74, 6) is 0.277. The lowest BCUT2D eigenvalue weighted by Gasteiger charge is -2.32. The van der Waals surface area contributed by atoms with E-state index in [1.165, 1.54) is 36.1 Å². The molecule has 1 aliphatic rings. The second-order valence-corrected chi connectivity index (χ2v) is 6.67. The van der Waals surface area contributed by atoms with Crippen LogP contribution in [0, 0.1) is 5.82 Å². The number of hydrogen-bond donors (Lipinski definition) is 0. The highest BCUT2D eigenvalue weighted by atomic mass is 19.1. The van der Waals surface area contributed by atoms with Gasteiger partial charge in [0.15, 0.2) is 0 Å². The Hall–Kier alpha value is -2.46. The van der Waals surface area contributed by atoms with E-state index >= 15 is 0 Å². The van der Waals surface area contributed by atoms with Crippen molar-refractivity contribution in [1.29, 1.82) is 0 Å². The number of aryl methyl sites for hydroxylation is 1. The van der Waals surface area contributed by atoms with E-state index in [-0.39, 0.29) is 5.82 Å². The van der Waals surface area contributed by atoms with Crippen LogP contribution < -0.4 is 0 Å². The molecule has 0 bridgehead atoms. The molecule has 0 saturated carbocycles. The normalized spacial score (nSPS) is 16.8. The minimum absolute atomic E-state index is 0.258. The molecule has 0 N–H and O–H groups in total. The number of benzene rings is 2. The average Bonchev–Trinajstić information content (AvgIpc) is 3.10. The first-order valence-corrected chi connectivity index (χ1v) is 8.69. The number of nitrogens with zero attached hydrogens (tertiary/aromatic N) is 2. The molecule has 128 valence electrons. The summed E-state index contributed by atoms with van der Waals surface area (Å²) in [5, 5.41) is 0. The maximum atomic E-state index is 13.0. The van der Waals surface area contributed by atoms with E-state index in [4.69, 9.17) is 4.42 Å². The van der Waals surface area contributed by atoms with Gasteiger partial charge >= 0.3 is 0 Å². The molecule has 1 aromatic heterocycles. The maximum absolute atomic E-state index is 13.0. The Balaban J connectivity index is 1.50. The summed E-state index contributed by atoms with van der Waals surface area (Å²) in [7, 11) is 2.14. The molecule has 25 heavy (non-hydrogen) atoms. The summed E-state index contributed by atoms with van der Waals surface area (Å²) in [5.41, 5.74) is 4.57. The number of oxazole rings is 1. The fraction of sp³-hybridized carbons (Fsp3) is 0.286. The van der Waals surface area contributed by atoms with E-state index in [0.717, 1.165) is 24.2 Å². The Labute approximate surface area is 147 Å². The van der Waals surface area contributed by atoms with Crippen molar-refractivity contribution in [1.82, 2.24) is 9.88 Å². The molecule has 4 heteroatoms. The molecule has 3 aromatic rings. The third kappa shape index (κ3) is 3.35. The second-order valence-electron chi connectivity index (χ2n) is 6.67. The number of hydrogen-bond acceptors (Lipinski definition) is 3. The van der Waals surface area contributed by atoms with E-state index in [1.807, 2.05) is 0 Å². The van der Waals surface area contributed by atoms with Crippen LogP contribution in [-0.4, -0.2) is 16.9 Å². The van der Waals surface area contributed by atoms with Crippen molar-refractivity contribution < 1.29 is 8.81 Å². The number of halogens is 1. The van der Waals surface area contributed by atoms with Crippen molar-refractivity contribution in [2.75, 3.05) is 7.05 Å². The quantitative estimate of drug-likeness (QED) is 0.672. The van der Waals surface area contributed by atoms with Gasteiger partial charge in [0.25, 0.3) is 0 Å². The monoisotopic (exact) mass is 336 g/mol. The number of rotatable bonds is 4. The standard InChI is InChI=1S/C21H21FN2O/c1-24(20-8-4-6-15-5-2-3-7-19(15)20)13-18-14-25-21(23-18)16-9-11-17(22)12-10-16/h2-3,5,7,9-12,14,20H,4,6,8,13H2,1H3/t20-/m1/s1. The molecule has 2 aromatic carbocycles. The first-order valence-electron chi connectivity index (χ1n) is 8.69. The van der Waals surface area contributed by atoms with E-state index in [1.54, 1.807) is 18.4 Å². The Morgan fingerprint density at radius 1 is 1.16 bits per heavy atom. The Bertz CT molecular complexity index is 856. The summed E-state index contributed by atoms with van der Waals surface area (Å²) in [6.07, 6.45) is 5.24. The van der Waals surface area contributed by atoms with Crippen molar-refractivity contribution >= 4 is 0 Å². The van der Waals surface area contributed by atoms with E-state index in [2.05, 4.69) is 41.2 Å². The molecular weight excluding hydrogens is 315 g/mol. The summed E-state index contributed by atoms with van der Waals surface area (Å²) in [6, 6.07) is 15.3. The third-order valence-electron chi connectivity index (χ3n) is 4.92. The van der Waals surface area contributed by atoms with Gasteiger partial charge in [0.1, 0.15) is 12.1 Å². The van der Waals surface area contributed by atoms with Gasteiger partial charge in [-0.2, -0.15) is 0 Å². The van der Waals surface area contributed by atoms with E-state index in [9.17, 15) is 4.39 Å². The molecule has 0 saturated heterocycles. The molecule has 0 radical (unpaired) electrons. The number of fused-ring (bicyclic) bond motifs is 1. The molecular formula is C21H21FN2O. The van der Waals surface area contributed by atoms with Crippen LogP contribution in [0.4, 0.5) is 4.39 Å². The van der Waals surface area contributed by atoms with Crippen molar-refractivity contribution in [3.05, 3.63) is 77.4 Å². The molecule has 1 heterocycles. The lowest BCUT2D eigenvalue weighted by atomic mass is 9.87. The van der Waals surface area contributed by atoms with Crippen LogP contribution in [0.25, 0.3) is 11.5 Å². The van der Waals surface area contributed by atoms with Crippen LogP contribution in [0.2, 0.25) is 0 Å². The highest BCUT2D eigenvalue weighted by Crippen LogP contribution is 2.34. The fourth-order valence-corrected chi connectivity index (χ4v) is 3.66. The SMILES string of the molecule is CN(Cc1coc(-c2ccc(F)cc2)n1)[C@@H]1CCCc2ccccc21. The van der Waals surface area contributed by atoms with Gasteiger partial charge < -0.3 is 4.42 Å². The first-order chi connectivity index (χ1) is 12.2. The molecule has 4 rings (SSSR count). The lowest BCUT2D eigenvalue weighted by molar-refractivity contribution is 0.211. The maximum Gasteiger partial charge on any atom is 0.226 e. The Morgan fingerprint density at radius 3 is 2.80 bits per heavy atom. The topological polar surface area (TPSA) is 29.3 Å². The first kappa shape index (κ1) is 16.0. The van der Waals surface area contributed by atoms with Gasteiger partial charge in [-0.15, -0.1) is 0 Å². The minimum atomic E-state index is -0.258. The molecule has 0 unspecified atom stereocenters. The van der Waals surface area contributed by atoms with Crippen LogP contribution in [0.3, 0.4) is 0 Å². The highest BCUT2D eigenvalue weighted by molar-refractivity contribution is 5.52. The molecule has 0 amide bonds. The zero-order valence-electron chi connectivity index (χ0n) is 14.3. The van der Waals surface area contributed by atoms with Crippen LogP contribution in [0.1, 0.15) is 35.7 Å². The van der Waals surface area contributed by atoms with Crippen molar-refractivity contribution in [3.63, 3.8) is 0 Å². The van der Waals surface area contributed by atoms with Crippen molar-refractivity contribution in [3.8, 4) is 11.5 Å². The van der Waals surface area contributed by atoms with Gasteiger partial charge in [-0.3, -0.25) is 4.90 Å². The second kappa shape index (κ2) is 6.81. The van der Waals surface area contributed by atoms with Gasteiger partial charge in [0.2, 0.25) is 5.89 Å². The number of aromatic nitrogens is 1. The van der Waals surface area contributed by atoms with Crippen molar-refractivity contribution in [2.24, 2.45) is 0 Å². The smallest absolute Gasteiger partial charge is 0.226 e. The van der Waals surface area contributed by atoms with Crippen LogP contribution in [0.15, 0.2) is 59.2 Å². The highest BCUT2D eigenvalue weighted by Gasteiger charge is 2.24. The molecule has 3 nitrogen and oxygen atoms in total.